The number of rotatable bonds is 4. The molecule has 2 unspecified atom stereocenters. The lowest BCUT2D eigenvalue weighted by Gasteiger charge is -2.32. The first kappa shape index (κ1) is 18.2. The van der Waals surface area contributed by atoms with Crippen LogP contribution in [0.4, 0.5) is 5.69 Å². The zero-order valence-electron chi connectivity index (χ0n) is 15.0. The number of aromatic nitrogens is 1. The Bertz CT molecular complexity index is 735. The number of carbonyl (C=O) groups excluding carboxylic acids is 1. The maximum absolute atomic E-state index is 12.8. The zero-order chi connectivity index (χ0) is 18.0. The maximum atomic E-state index is 12.8. The summed E-state index contributed by atoms with van der Waals surface area (Å²) < 4.78 is 23.6. The molecule has 1 aromatic rings. The van der Waals surface area contributed by atoms with Crippen molar-refractivity contribution < 1.29 is 13.2 Å². The van der Waals surface area contributed by atoms with Gasteiger partial charge < -0.3 is 9.80 Å². The van der Waals surface area contributed by atoms with Gasteiger partial charge in [-0.1, -0.05) is 6.92 Å². The number of amides is 1. The Balaban J connectivity index is 1.79. The molecule has 0 saturated carbocycles. The average Bonchev–Trinajstić information content (AvgIpc) is 2.95. The van der Waals surface area contributed by atoms with Crippen LogP contribution in [0, 0.1) is 5.92 Å². The Morgan fingerprint density at radius 1 is 1.36 bits per heavy atom. The molecule has 1 amide bonds. The molecular weight excluding hydrogens is 338 g/mol. The van der Waals surface area contributed by atoms with E-state index in [0.717, 1.165) is 25.2 Å². The molecule has 1 aromatic heterocycles. The summed E-state index contributed by atoms with van der Waals surface area (Å²) in [7, 11) is -2.95. The van der Waals surface area contributed by atoms with Gasteiger partial charge in [0.2, 0.25) is 0 Å². The van der Waals surface area contributed by atoms with Crippen LogP contribution >= 0.6 is 0 Å². The van der Waals surface area contributed by atoms with Crippen molar-refractivity contribution in [2.24, 2.45) is 5.92 Å². The van der Waals surface area contributed by atoms with Gasteiger partial charge in [-0.25, -0.2) is 8.42 Å². The van der Waals surface area contributed by atoms with Gasteiger partial charge in [0.25, 0.3) is 5.91 Å². The van der Waals surface area contributed by atoms with Gasteiger partial charge in [0.15, 0.2) is 9.84 Å². The number of pyridine rings is 1. The van der Waals surface area contributed by atoms with Crippen LogP contribution in [0.2, 0.25) is 0 Å². The normalized spacial score (nSPS) is 25.8. The quantitative estimate of drug-likeness (QED) is 0.816. The fraction of sp³-hybridized carbons (Fsp3) is 0.667. The highest BCUT2D eigenvalue weighted by molar-refractivity contribution is 7.91. The van der Waals surface area contributed by atoms with Gasteiger partial charge in [-0.3, -0.25) is 9.78 Å². The van der Waals surface area contributed by atoms with E-state index in [1.807, 2.05) is 17.9 Å². The minimum atomic E-state index is -2.95. The average molecular weight is 365 g/mol. The van der Waals surface area contributed by atoms with Crippen LogP contribution in [0.1, 0.15) is 43.5 Å². The first-order valence-corrected chi connectivity index (χ1v) is 10.9. The molecule has 3 heterocycles. The lowest BCUT2D eigenvalue weighted by atomic mass is 9.99. The summed E-state index contributed by atoms with van der Waals surface area (Å²) in [5, 5.41) is 0. The third-order valence-corrected chi connectivity index (χ3v) is 6.99. The molecular formula is C18H27N3O3S. The van der Waals surface area contributed by atoms with E-state index >= 15 is 0 Å². The molecule has 0 aliphatic carbocycles. The van der Waals surface area contributed by atoms with Gasteiger partial charge in [0, 0.05) is 31.9 Å². The van der Waals surface area contributed by atoms with E-state index in [9.17, 15) is 13.2 Å². The van der Waals surface area contributed by atoms with Crippen molar-refractivity contribution in [2.75, 3.05) is 36.0 Å². The number of piperidine rings is 1. The van der Waals surface area contributed by atoms with Gasteiger partial charge in [-0.2, -0.15) is 0 Å². The molecule has 2 saturated heterocycles. The standard InChI is InChI=1S/C18H27N3O3S/c1-3-21(16-6-8-25(23,24)13-16)17-9-15(10-19-11-17)18(22)20-7-4-5-14(2)12-20/h9-11,14,16H,3-8,12-13H2,1-2H3. The Kier molecular flexibility index (Phi) is 5.32. The van der Waals surface area contributed by atoms with Crippen LogP contribution < -0.4 is 4.90 Å². The second-order valence-electron chi connectivity index (χ2n) is 7.27. The van der Waals surface area contributed by atoms with Gasteiger partial charge in [-0.15, -0.1) is 0 Å². The van der Waals surface area contributed by atoms with Gasteiger partial charge in [0.1, 0.15) is 0 Å². The number of sulfone groups is 1. The van der Waals surface area contributed by atoms with Crippen LogP contribution in [-0.2, 0) is 9.84 Å². The number of hydrogen-bond donors (Lipinski definition) is 0. The van der Waals surface area contributed by atoms with Crippen molar-refractivity contribution in [1.82, 2.24) is 9.88 Å². The number of anilines is 1. The number of likely N-dealkylation sites (tertiary alicyclic amines) is 1. The highest BCUT2D eigenvalue weighted by Crippen LogP contribution is 2.25. The van der Waals surface area contributed by atoms with Crippen molar-refractivity contribution in [1.29, 1.82) is 0 Å². The summed E-state index contributed by atoms with van der Waals surface area (Å²) in [5.74, 6) is 0.981. The largest absolute Gasteiger partial charge is 0.367 e. The van der Waals surface area contributed by atoms with Crippen molar-refractivity contribution in [3.8, 4) is 0 Å². The summed E-state index contributed by atoms with van der Waals surface area (Å²) in [6.07, 6.45) is 6.19. The van der Waals surface area contributed by atoms with Crippen molar-refractivity contribution >= 4 is 21.4 Å². The third kappa shape index (κ3) is 4.14. The molecule has 2 fully saturated rings. The molecule has 7 heteroatoms. The second kappa shape index (κ2) is 7.32. The molecule has 6 nitrogen and oxygen atoms in total. The fourth-order valence-electron chi connectivity index (χ4n) is 3.93. The van der Waals surface area contributed by atoms with E-state index in [4.69, 9.17) is 0 Å². The van der Waals surface area contributed by atoms with Crippen LogP contribution in [-0.4, -0.2) is 61.4 Å². The summed E-state index contributed by atoms with van der Waals surface area (Å²) >= 11 is 0. The molecule has 138 valence electrons. The van der Waals surface area contributed by atoms with E-state index in [1.54, 1.807) is 12.4 Å². The van der Waals surface area contributed by atoms with Crippen molar-refractivity contribution in [3.63, 3.8) is 0 Å². The molecule has 25 heavy (non-hydrogen) atoms. The van der Waals surface area contributed by atoms with Crippen LogP contribution in [0.3, 0.4) is 0 Å². The first-order valence-electron chi connectivity index (χ1n) is 9.11. The molecule has 2 aliphatic heterocycles. The van der Waals surface area contributed by atoms with E-state index in [0.29, 0.717) is 24.4 Å². The molecule has 2 aliphatic rings. The van der Waals surface area contributed by atoms with Gasteiger partial charge in [-0.05, 0) is 38.2 Å². The van der Waals surface area contributed by atoms with E-state index in [2.05, 4.69) is 16.8 Å². The molecule has 0 bridgehead atoms. The minimum absolute atomic E-state index is 0.0241. The number of carbonyl (C=O) groups is 1. The second-order valence-corrected chi connectivity index (χ2v) is 9.50. The van der Waals surface area contributed by atoms with Crippen LogP contribution in [0.5, 0.6) is 0 Å². The highest BCUT2D eigenvalue weighted by atomic mass is 32.2. The molecule has 0 N–H and O–H groups in total. The summed E-state index contributed by atoms with van der Waals surface area (Å²) in [5.41, 5.74) is 1.42. The molecule has 2 atom stereocenters. The molecule has 0 radical (unpaired) electrons. The lowest BCUT2D eigenvalue weighted by Crippen LogP contribution is -2.39. The molecule has 0 spiro atoms. The summed E-state index contributed by atoms with van der Waals surface area (Å²) in [6, 6.07) is 1.83. The zero-order valence-corrected chi connectivity index (χ0v) is 15.8. The Morgan fingerprint density at radius 2 is 2.16 bits per heavy atom. The van der Waals surface area contributed by atoms with Crippen molar-refractivity contribution in [3.05, 3.63) is 24.0 Å². The van der Waals surface area contributed by atoms with Crippen LogP contribution in [0.15, 0.2) is 18.5 Å². The predicted molar refractivity (Wildman–Crippen MR) is 98.6 cm³/mol. The topological polar surface area (TPSA) is 70.6 Å². The summed E-state index contributed by atoms with van der Waals surface area (Å²) in [4.78, 5) is 21.0. The van der Waals surface area contributed by atoms with Gasteiger partial charge >= 0.3 is 0 Å². The summed E-state index contributed by atoms with van der Waals surface area (Å²) in [6.45, 7) is 6.46. The van der Waals surface area contributed by atoms with E-state index < -0.39 is 9.84 Å². The smallest absolute Gasteiger partial charge is 0.255 e. The SMILES string of the molecule is CCN(c1cncc(C(=O)N2CCCC(C)C2)c1)C1CCS(=O)(=O)C1. The predicted octanol–water partition coefficient (Wildman–Crippen LogP) is 1.97. The van der Waals surface area contributed by atoms with E-state index in [1.165, 1.54) is 6.42 Å². The van der Waals surface area contributed by atoms with Gasteiger partial charge in [0.05, 0.1) is 29.0 Å². The van der Waals surface area contributed by atoms with E-state index in [-0.39, 0.29) is 23.5 Å². The van der Waals surface area contributed by atoms with Crippen molar-refractivity contribution in [2.45, 2.75) is 39.2 Å². The minimum Gasteiger partial charge on any atom is -0.367 e. The number of nitrogens with zero attached hydrogens (tertiary/aromatic N) is 3. The highest BCUT2D eigenvalue weighted by Gasteiger charge is 2.32. The maximum Gasteiger partial charge on any atom is 0.255 e. The fourth-order valence-corrected chi connectivity index (χ4v) is 5.66. The van der Waals surface area contributed by atoms with Crippen LogP contribution in [0.25, 0.3) is 0 Å². The molecule has 3 rings (SSSR count). The number of hydrogen-bond acceptors (Lipinski definition) is 5. The Morgan fingerprint density at radius 3 is 2.80 bits per heavy atom. The Labute approximate surface area is 150 Å². The monoisotopic (exact) mass is 365 g/mol. The lowest BCUT2D eigenvalue weighted by molar-refractivity contribution is 0.0682. The molecule has 0 aromatic carbocycles. The Hall–Kier alpha value is -1.63. The third-order valence-electron chi connectivity index (χ3n) is 5.24. The first-order chi connectivity index (χ1) is 11.9.